The normalized spacial score (nSPS) is 27.6. The van der Waals surface area contributed by atoms with Gasteiger partial charge in [0.1, 0.15) is 11.6 Å². The number of anilines is 1. The van der Waals surface area contributed by atoms with Crippen LogP contribution in [-0.2, 0) is 4.79 Å². The number of hydrogen-bond donors (Lipinski definition) is 1. The molecule has 1 atom stereocenters. The molecule has 0 aromatic carbocycles. The van der Waals surface area contributed by atoms with Crippen LogP contribution in [0, 0.1) is 5.92 Å². The monoisotopic (exact) mass is 359 g/mol. The number of rotatable bonds is 2. The summed E-state index contributed by atoms with van der Waals surface area (Å²) in [6, 6.07) is 3.82. The van der Waals surface area contributed by atoms with Gasteiger partial charge >= 0.3 is 0 Å². The summed E-state index contributed by atoms with van der Waals surface area (Å²) in [5.74, 6) is 1.41. The first-order chi connectivity index (χ1) is 11.9. The molecule has 1 unspecified atom stereocenters. The SMILES string of the molecule is CC1(O)CC(=O)CC2=C1C(C1CCN(c3ccc(Cl)cn3)CC1)=NC2. The van der Waals surface area contributed by atoms with Crippen LogP contribution >= 0.6 is 11.6 Å². The first-order valence-electron chi connectivity index (χ1n) is 8.82. The second kappa shape index (κ2) is 6.22. The third-order valence-electron chi connectivity index (χ3n) is 5.46. The Labute approximate surface area is 152 Å². The second-order valence-corrected chi connectivity index (χ2v) is 7.88. The van der Waals surface area contributed by atoms with Crippen LogP contribution in [0.25, 0.3) is 0 Å². The molecule has 1 fully saturated rings. The van der Waals surface area contributed by atoms with Crippen molar-refractivity contribution in [3.8, 4) is 0 Å². The zero-order valence-electron chi connectivity index (χ0n) is 14.3. The van der Waals surface area contributed by atoms with Crippen molar-refractivity contribution in [3.05, 3.63) is 34.5 Å². The molecule has 0 spiro atoms. The molecule has 5 nitrogen and oxygen atoms in total. The fraction of sp³-hybridized carbons (Fsp3) is 0.526. The molecule has 0 amide bonds. The number of aromatic nitrogens is 1. The molecule has 6 heteroatoms. The molecule has 0 radical (unpaired) electrons. The quantitative estimate of drug-likeness (QED) is 0.881. The first kappa shape index (κ1) is 16.7. The van der Waals surface area contributed by atoms with Crippen molar-refractivity contribution in [2.45, 2.75) is 38.2 Å². The van der Waals surface area contributed by atoms with Gasteiger partial charge < -0.3 is 10.0 Å². The largest absolute Gasteiger partial charge is 0.385 e. The van der Waals surface area contributed by atoms with E-state index in [0.29, 0.717) is 23.9 Å². The standard InChI is InChI=1S/C19H22ClN3O2/c1-19(25)9-15(24)8-13-10-22-18(17(13)19)12-4-6-23(7-5-12)16-3-2-14(20)11-21-16/h2-3,11-12,25H,4-10H2,1H3. The molecule has 132 valence electrons. The molecular weight excluding hydrogens is 338 g/mol. The number of carbonyl (C=O) groups excluding carboxylic acids is 1. The molecule has 1 aromatic rings. The van der Waals surface area contributed by atoms with Crippen LogP contribution in [0.15, 0.2) is 34.5 Å². The topological polar surface area (TPSA) is 65.8 Å². The fourth-order valence-corrected chi connectivity index (χ4v) is 4.48. The van der Waals surface area contributed by atoms with Gasteiger partial charge in [-0.2, -0.15) is 0 Å². The number of pyridine rings is 1. The molecular formula is C19H22ClN3O2. The van der Waals surface area contributed by atoms with E-state index in [0.717, 1.165) is 48.6 Å². The van der Waals surface area contributed by atoms with Crippen LogP contribution in [0.1, 0.15) is 32.6 Å². The molecule has 2 aliphatic heterocycles. The lowest BCUT2D eigenvalue weighted by molar-refractivity contribution is -0.122. The number of aliphatic hydroxyl groups is 1. The lowest BCUT2D eigenvalue weighted by atomic mass is 9.74. The molecule has 3 heterocycles. The van der Waals surface area contributed by atoms with E-state index in [1.165, 1.54) is 0 Å². The van der Waals surface area contributed by atoms with Crippen LogP contribution in [0.2, 0.25) is 5.02 Å². The fourth-order valence-electron chi connectivity index (χ4n) is 4.36. The van der Waals surface area contributed by atoms with E-state index in [9.17, 15) is 9.90 Å². The Morgan fingerprint density at radius 1 is 1.32 bits per heavy atom. The Bertz CT molecular complexity index is 759. The average Bonchev–Trinajstić information content (AvgIpc) is 3.00. The van der Waals surface area contributed by atoms with Crippen molar-refractivity contribution in [1.82, 2.24) is 4.98 Å². The summed E-state index contributed by atoms with van der Waals surface area (Å²) in [5.41, 5.74) is 1.96. The van der Waals surface area contributed by atoms with Crippen molar-refractivity contribution in [2.75, 3.05) is 24.5 Å². The highest BCUT2D eigenvalue weighted by Crippen LogP contribution is 2.40. The van der Waals surface area contributed by atoms with Crippen LogP contribution in [0.3, 0.4) is 0 Å². The Hall–Kier alpha value is -1.72. The van der Waals surface area contributed by atoms with Crippen molar-refractivity contribution in [1.29, 1.82) is 0 Å². The van der Waals surface area contributed by atoms with Crippen molar-refractivity contribution < 1.29 is 9.90 Å². The van der Waals surface area contributed by atoms with Gasteiger partial charge in [-0.25, -0.2) is 4.98 Å². The zero-order chi connectivity index (χ0) is 17.6. The predicted molar refractivity (Wildman–Crippen MR) is 98.4 cm³/mol. The van der Waals surface area contributed by atoms with E-state index in [-0.39, 0.29) is 12.2 Å². The number of nitrogens with zero attached hydrogens (tertiary/aromatic N) is 3. The van der Waals surface area contributed by atoms with E-state index >= 15 is 0 Å². The Kier molecular flexibility index (Phi) is 4.16. The van der Waals surface area contributed by atoms with E-state index in [2.05, 4.69) is 9.88 Å². The highest BCUT2D eigenvalue weighted by atomic mass is 35.5. The van der Waals surface area contributed by atoms with E-state index in [4.69, 9.17) is 16.6 Å². The van der Waals surface area contributed by atoms with Gasteiger partial charge in [-0.1, -0.05) is 11.6 Å². The summed E-state index contributed by atoms with van der Waals surface area (Å²) in [7, 11) is 0. The maximum absolute atomic E-state index is 11.9. The van der Waals surface area contributed by atoms with E-state index in [1.54, 1.807) is 13.1 Å². The van der Waals surface area contributed by atoms with Gasteiger partial charge in [0.15, 0.2) is 0 Å². The summed E-state index contributed by atoms with van der Waals surface area (Å²) in [6.07, 6.45) is 4.29. The highest BCUT2D eigenvalue weighted by Gasteiger charge is 2.43. The third-order valence-corrected chi connectivity index (χ3v) is 5.68. The molecule has 25 heavy (non-hydrogen) atoms. The lowest BCUT2D eigenvalue weighted by Crippen LogP contribution is -2.42. The minimum absolute atomic E-state index is 0.115. The summed E-state index contributed by atoms with van der Waals surface area (Å²) < 4.78 is 0. The van der Waals surface area contributed by atoms with Gasteiger partial charge in [0, 0.05) is 49.3 Å². The van der Waals surface area contributed by atoms with Crippen LogP contribution < -0.4 is 4.90 Å². The van der Waals surface area contributed by atoms with Gasteiger partial charge in [-0.15, -0.1) is 0 Å². The first-order valence-corrected chi connectivity index (χ1v) is 9.19. The lowest BCUT2D eigenvalue weighted by Gasteiger charge is -2.37. The van der Waals surface area contributed by atoms with Crippen LogP contribution in [0.5, 0.6) is 0 Å². The highest BCUT2D eigenvalue weighted by molar-refractivity contribution is 6.30. The third kappa shape index (κ3) is 3.11. The summed E-state index contributed by atoms with van der Waals surface area (Å²) >= 11 is 5.91. The number of carbonyl (C=O) groups is 1. The van der Waals surface area contributed by atoms with E-state index in [1.807, 2.05) is 12.1 Å². The Morgan fingerprint density at radius 2 is 2.08 bits per heavy atom. The molecule has 1 aromatic heterocycles. The Morgan fingerprint density at radius 3 is 2.76 bits per heavy atom. The zero-order valence-corrected chi connectivity index (χ0v) is 15.1. The number of Topliss-reactive ketones (excluding diaryl/α,β-unsaturated/α-hetero) is 1. The summed E-state index contributed by atoms with van der Waals surface area (Å²) in [5, 5.41) is 11.4. The summed E-state index contributed by atoms with van der Waals surface area (Å²) in [4.78, 5) is 23.2. The molecule has 4 rings (SSSR count). The van der Waals surface area contributed by atoms with Gasteiger partial charge in [-0.3, -0.25) is 9.79 Å². The number of ketones is 1. The molecule has 1 N–H and O–H groups in total. The number of piperidine rings is 1. The van der Waals surface area contributed by atoms with Gasteiger partial charge in [-0.05, 0) is 37.5 Å². The minimum Gasteiger partial charge on any atom is -0.385 e. The second-order valence-electron chi connectivity index (χ2n) is 7.44. The maximum Gasteiger partial charge on any atom is 0.140 e. The number of aliphatic imine (C=N–C) groups is 1. The molecule has 0 bridgehead atoms. The molecule has 1 aliphatic carbocycles. The number of halogens is 1. The van der Waals surface area contributed by atoms with Gasteiger partial charge in [0.2, 0.25) is 0 Å². The Balaban J connectivity index is 1.48. The number of hydrogen-bond acceptors (Lipinski definition) is 5. The smallest absolute Gasteiger partial charge is 0.140 e. The van der Waals surface area contributed by atoms with Gasteiger partial charge in [0.05, 0.1) is 17.2 Å². The van der Waals surface area contributed by atoms with Crippen LogP contribution in [-0.4, -0.2) is 46.8 Å². The summed E-state index contributed by atoms with van der Waals surface area (Å²) in [6.45, 7) is 4.14. The minimum atomic E-state index is -1.06. The molecule has 0 saturated carbocycles. The predicted octanol–water partition coefficient (Wildman–Crippen LogP) is 2.82. The van der Waals surface area contributed by atoms with Crippen molar-refractivity contribution in [3.63, 3.8) is 0 Å². The van der Waals surface area contributed by atoms with Crippen molar-refractivity contribution in [2.24, 2.45) is 10.9 Å². The molecule has 1 saturated heterocycles. The average molecular weight is 360 g/mol. The molecule has 3 aliphatic rings. The maximum atomic E-state index is 11.9. The van der Waals surface area contributed by atoms with Gasteiger partial charge in [0.25, 0.3) is 0 Å². The van der Waals surface area contributed by atoms with Crippen LogP contribution in [0.4, 0.5) is 5.82 Å². The van der Waals surface area contributed by atoms with E-state index < -0.39 is 5.60 Å². The van der Waals surface area contributed by atoms with Crippen molar-refractivity contribution >= 4 is 28.9 Å².